The first kappa shape index (κ1) is 15.3. The molecule has 1 aliphatic rings. The average molecular weight is 325 g/mol. The van der Waals surface area contributed by atoms with E-state index in [2.05, 4.69) is 58.8 Å². The van der Waals surface area contributed by atoms with Crippen LogP contribution in [0.2, 0.25) is 0 Å². The summed E-state index contributed by atoms with van der Waals surface area (Å²) in [6, 6.07) is 24.9. The Morgan fingerprint density at radius 2 is 1.48 bits per heavy atom. The van der Waals surface area contributed by atoms with Gasteiger partial charge in [-0.3, -0.25) is 9.98 Å². The van der Waals surface area contributed by atoms with Crippen molar-refractivity contribution in [1.29, 1.82) is 0 Å². The molecule has 3 nitrogen and oxygen atoms in total. The van der Waals surface area contributed by atoms with E-state index in [0.717, 1.165) is 17.0 Å². The molecule has 0 aliphatic carbocycles. The van der Waals surface area contributed by atoms with Crippen molar-refractivity contribution in [2.75, 3.05) is 0 Å². The normalized spacial score (nSPS) is 19.6. The van der Waals surface area contributed by atoms with Gasteiger partial charge in [-0.15, -0.1) is 0 Å². The molecule has 2 heterocycles. The standard InChI is InChI=1S/C22H19N3/c1-3-8-17(9-4-1)13-14-20-24-21(18-10-5-2-6-11-18)22(25-20)19-12-7-15-23-16-19/h1-16,21-22H,(H,24,25). The van der Waals surface area contributed by atoms with E-state index in [0.29, 0.717) is 0 Å². The first-order valence-electron chi connectivity index (χ1n) is 8.42. The lowest BCUT2D eigenvalue weighted by Gasteiger charge is -2.19. The monoisotopic (exact) mass is 325 g/mol. The number of hydrogen-bond donors (Lipinski definition) is 1. The summed E-state index contributed by atoms with van der Waals surface area (Å²) < 4.78 is 0. The summed E-state index contributed by atoms with van der Waals surface area (Å²) in [4.78, 5) is 9.17. The molecular weight excluding hydrogens is 306 g/mol. The second-order valence-electron chi connectivity index (χ2n) is 6.02. The molecule has 2 atom stereocenters. The zero-order valence-electron chi connectivity index (χ0n) is 13.8. The minimum absolute atomic E-state index is 0.0199. The first-order valence-corrected chi connectivity index (χ1v) is 8.42. The summed E-state index contributed by atoms with van der Waals surface area (Å²) >= 11 is 0. The Morgan fingerprint density at radius 3 is 2.20 bits per heavy atom. The fraction of sp³-hybridized carbons (Fsp3) is 0.0909. The second-order valence-corrected chi connectivity index (χ2v) is 6.02. The molecule has 122 valence electrons. The van der Waals surface area contributed by atoms with Gasteiger partial charge in [-0.2, -0.15) is 0 Å². The second kappa shape index (κ2) is 7.14. The molecule has 1 aliphatic heterocycles. The lowest BCUT2D eigenvalue weighted by atomic mass is 9.96. The fourth-order valence-electron chi connectivity index (χ4n) is 3.07. The molecule has 1 N–H and O–H groups in total. The summed E-state index contributed by atoms with van der Waals surface area (Å²) in [5, 5.41) is 3.56. The zero-order valence-corrected chi connectivity index (χ0v) is 13.8. The molecular formula is C22H19N3. The molecule has 4 rings (SSSR count). The highest BCUT2D eigenvalue weighted by atomic mass is 15.1. The topological polar surface area (TPSA) is 37.3 Å². The van der Waals surface area contributed by atoms with Gasteiger partial charge in [0.25, 0.3) is 0 Å². The van der Waals surface area contributed by atoms with E-state index in [1.807, 2.05) is 42.6 Å². The third-order valence-corrected chi connectivity index (χ3v) is 4.32. The minimum Gasteiger partial charge on any atom is -0.361 e. The van der Waals surface area contributed by atoms with Crippen LogP contribution in [0, 0.1) is 0 Å². The van der Waals surface area contributed by atoms with Crippen LogP contribution >= 0.6 is 0 Å². The van der Waals surface area contributed by atoms with Gasteiger partial charge < -0.3 is 5.32 Å². The maximum Gasteiger partial charge on any atom is 0.122 e. The number of nitrogens with one attached hydrogen (secondary N) is 1. The van der Waals surface area contributed by atoms with Crippen molar-refractivity contribution in [1.82, 2.24) is 10.3 Å². The Hall–Kier alpha value is -3.20. The molecule has 2 aromatic carbocycles. The summed E-state index contributed by atoms with van der Waals surface area (Å²) in [5.74, 6) is 0.895. The molecule has 0 saturated heterocycles. The van der Waals surface area contributed by atoms with Crippen molar-refractivity contribution in [3.8, 4) is 0 Å². The Bertz CT molecular complexity index is 871. The molecule has 0 bridgehead atoms. The SMILES string of the molecule is C(=Cc1ccccc1)C1=NC(c2cccnc2)C(c2ccccc2)N1. The van der Waals surface area contributed by atoms with E-state index in [9.17, 15) is 0 Å². The third-order valence-electron chi connectivity index (χ3n) is 4.32. The molecule has 3 heteroatoms. The Balaban J connectivity index is 1.64. The summed E-state index contributed by atoms with van der Waals surface area (Å²) in [6.07, 6.45) is 7.82. The van der Waals surface area contributed by atoms with Crippen molar-refractivity contribution in [3.05, 3.63) is 108 Å². The van der Waals surface area contributed by atoms with Crippen molar-refractivity contribution in [3.63, 3.8) is 0 Å². The fourth-order valence-corrected chi connectivity index (χ4v) is 3.07. The van der Waals surface area contributed by atoms with E-state index < -0.39 is 0 Å². The molecule has 0 amide bonds. The number of amidine groups is 1. The maximum atomic E-state index is 4.91. The smallest absolute Gasteiger partial charge is 0.122 e. The summed E-state index contributed by atoms with van der Waals surface area (Å²) in [6.45, 7) is 0. The average Bonchev–Trinajstić information content (AvgIpc) is 3.13. The summed E-state index contributed by atoms with van der Waals surface area (Å²) in [7, 11) is 0. The van der Waals surface area contributed by atoms with E-state index in [-0.39, 0.29) is 12.1 Å². The van der Waals surface area contributed by atoms with Gasteiger partial charge in [0.05, 0.1) is 6.04 Å². The van der Waals surface area contributed by atoms with Crippen LogP contribution in [0.25, 0.3) is 6.08 Å². The highest BCUT2D eigenvalue weighted by molar-refractivity contribution is 5.98. The first-order chi connectivity index (χ1) is 12.4. The molecule has 2 unspecified atom stereocenters. The number of pyridine rings is 1. The van der Waals surface area contributed by atoms with Crippen LogP contribution < -0.4 is 5.32 Å². The van der Waals surface area contributed by atoms with Crippen molar-refractivity contribution < 1.29 is 0 Å². The third kappa shape index (κ3) is 3.50. The van der Waals surface area contributed by atoms with Gasteiger partial charge in [0.1, 0.15) is 11.9 Å². The molecule has 0 radical (unpaired) electrons. The van der Waals surface area contributed by atoms with E-state index >= 15 is 0 Å². The van der Waals surface area contributed by atoms with Crippen LogP contribution in [0.4, 0.5) is 0 Å². The van der Waals surface area contributed by atoms with E-state index in [4.69, 9.17) is 4.99 Å². The number of aliphatic imine (C=N–C) groups is 1. The van der Waals surface area contributed by atoms with Crippen molar-refractivity contribution in [2.45, 2.75) is 12.1 Å². The number of nitrogens with zero attached hydrogens (tertiary/aromatic N) is 2. The van der Waals surface area contributed by atoms with E-state index in [1.165, 1.54) is 5.56 Å². The highest BCUT2D eigenvalue weighted by Crippen LogP contribution is 2.35. The number of benzene rings is 2. The van der Waals surface area contributed by atoms with Gasteiger partial charge in [-0.1, -0.05) is 72.8 Å². The van der Waals surface area contributed by atoms with Gasteiger partial charge in [-0.05, 0) is 28.8 Å². The molecule has 0 spiro atoms. The quantitative estimate of drug-likeness (QED) is 0.762. The lowest BCUT2D eigenvalue weighted by Crippen LogP contribution is -2.23. The largest absolute Gasteiger partial charge is 0.361 e. The molecule has 0 saturated carbocycles. The van der Waals surface area contributed by atoms with Crippen LogP contribution in [0.15, 0.2) is 96.3 Å². The molecule has 0 fully saturated rings. The zero-order chi connectivity index (χ0) is 16.9. The Morgan fingerprint density at radius 1 is 0.760 bits per heavy atom. The van der Waals surface area contributed by atoms with Crippen molar-refractivity contribution in [2.24, 2.45) is 4.99 Å². The number of hydrogen-bond acceptors (Lipinski definition) is 3. The van der Waals surface area contributed by atoms with Crippen LogP contribution in [0.5, 0.6) is 0 Å². The Labute approximate surface area is 147 Å². The maximum absolute atomic E-state index is 4.91. The molecule has 3 aromatic rings. The van der Waals surface area contributed by atoms with E-state index in [1.54, 1.807) is 6.20 Å². The van der Waals surface area contributed by atoms with Crippen LogP contribution in [-0.4, -0.2) is 10.8 Å². The van der Waals surface area contributed by atoms with Gasteiger partial charge in [0.15, 0.2) is 0 Å². The predicted octanol–water partition coefficient (Wildman–Crippen LogP) is 4.58. The van der Waals surface area contributed by atoms with Gasteiger partial charge in [0.2, 0.25) is 0 Å². The van der Waals surface area contributed by atoms with Gasteiger partial charge in [-0.25, -0.2) is 0 Å². The minimum atomic E-state index is 0.0199. The lowest BCUT2D eigenvalue weighted by molar-refractivity contribution is 0.571. The molecule has 1 aromatic heterocycles. The predicted molar refractivity (Wildman–Crippen MR) is 102 cm³/mol. The highest BCUT2D eigenvalue weighted by Gasteiger charge is 2.30. The number of aromatic nitrogens is 1. The van der Waals surface area contributed by atoms with Crippen LogP contribution in [0.3, 0.4) is 0 Å². The van der Waals surface area contributed by atoms with Gasteiger partial charge >= 0.3 is 0 Å². The molecule has 25 heavy (non-hydrogen) atoms. The summed E-state index contributed by atoms with van der Waals surface area (Å²) in [5.41, 5.74) is 3.50. The van der Waals surface area contributed by atoms with Crippen LogP contribution in [0.1, 0.15) is 28.8 Å². The van der Waals surface area contributed by atoms with Crippen LogP contribution in [-0.2, 0) is 0 Å². The van der Waals surface area contributed by atoms with Gasteiger partial charge in [0, 0.05) is 12.4 Å². The Kier molecular flexibility index (Phi) is 4.38. The number of rotatable bonds is 4. The van der Waals surface area contributed by atoms with Crippen molar-refractivity contribution >= 4 is 11.9 Å².